The monoisotopic (exact) mass is 138 g/mol. The average molecular weight is 138 g/mol. The Morgan fingerprint density at radius 2 is 2.60 bits per heavy atom. The molecular formula is C8H14N2. The van der Waals surface area contributed by atoms with Crippen molar-refractivity contribution in [2.24, 2.45) is 0 Å². The van der Waals surface area contributed by atoms with Gasteiger partial charge in [0.05, 0.1) is 6.54 Å². The molecule has 1 heterocycles. The molecule has 0 radical (unpaired) electrons. The summed E-state index contributed by atoms with van der Waals surface area (Å²) in [4.78, 5) is 2.29. The molecular weight excluding hydrogens is 124 g/mol. The lowest BCUT2D eigenvalue weighted by molar-refractivity contribution is 0.229. The highest BCUT2D eigenvalue weighted by Gasteiger charge is 2.13. The Hall–Kier alpha value is -0.520. The van der Waals surface area contributed by atoms with E-state index in [2.05, 4.69) is 23.1 Å². The lowest BCUT2D eigenvalue weighted by Gasteiger charge is -2.30. The second kappa shape index (κ2) is 3.60. The molecule has 2 nitrogen and oxygen atoms in total. The van der Waals surface area contributed by atoms with Crippen molar-refractivity contribution >= 4 is 0 Å². The standard InChI is InChI=1S/C8H14N2/c1-3-5-10-6-4-9-8(2)7-10/h1,8-9H,4-7H2,2H3/t8-/m1/s1. The minimum atomic E-state index is 0.599. The van der Waals surface area contributed by atoms with Crippen molar-refractivity contribution in [1.29, 1.82) is 0 Å². The average Bonchev–Trinajstić information content (AvgIpc) is 1.88. The molecule has 1 rings (SSSR count). The molecule has 1 atom stereocenters. The highest BCUT2D eigenvalue weighted by Crippen LogP contribution is 1.96. The Morgan fingerprint density at radius 3 is 3.20 bits per heavy atom. The number of hydrogen-bond acceptors (Lipinski definition) is 2. The summed E-state index contributed by atoms with van der Waals surface area (Å²) in [7, 11) is 0. The van der Waals surface area contributed by atoms with E-state index < -0.39 is 0 Å². The van der Waals surface area contributed by atoms with Crippen LogP contribution >= 0.6 is 0 Å². The minimum Gasteiger partial charge on any atom is -0.312 e. The number of hydrogen-bond donors (Lipinski definition) is 1. The Morgan fingerprint density at radius 1 is 1.80 bits per heavy atom. The van der Waals surface area contributed by atoms with Gasteiger partial charge in [0.15, 0.2) is 0 Å². The van der Waals surface area contributed by atoms with Crippen LogP contribution in [0.3, 0.4) is 0 Å². The Bertz CT molecular complexity index is 137. The van der Waals surface area contributed by atoms with E-state index in [1.165, 1.54) is 0 Å². The molecule has 1 N–H and O–H groups in total. The van der Waals surface area contributed by atoms with Gasteiger partial charge in [0, 0.05) is 25.7 Å². The fourth-order valence-electron chi connectivity index (χ4n) is 1.28. The van der Waals surface area contributed by atoms with Gasteiger partial charge in [0.25, 0.3) is 0 Å². The first-order valence-corrected chi connectivity index (χ1v) is 3.72. The van der Waals surface area contributed by atoms with Gasteiger partial charge in [-0.3, -0.25) is 4.90 Å². The fourth-order valence-corrected chi connectivity index (χ4v) is 1.28. The zero-order chi connectivity index (χ0) is 7.40. The largest absolute Gasteiger partial charge is 0.312 e. The van der Waals surface area contributed by atoms with Crippen molar-refractivity contribution in [3.63, 3.8) is 0 Å². The molecule has 1 aliphatic rings. The third kappa shape index (κ3) is 2.02. The quantitative estimate of drug-likeness (QED) is 0.510. The molecule has 0 aromatic heterocycles. The molecule has 0 bridgehead atoms. The van der Waals surface area contributed by atoms with Crippen LogP contribution in [-0.4, -0.2) is 37.1 Å². The van der Waals surface area contributed by atoms with E-state index in [0.29, 0.717) is 6.04 Å². The first-order valence-electron chi connectivity index (χ1n) is 3.72. The van der Waals surface area contributed by atoms with E-state index in [-0.39, 0.29) is 0 Å². The first kappa shape index (κ1) is 7.59. The van der Waals surface area contributed by atoms with Crippen LogP contribution in [0.1, 0.15) is 6.92 Å². The van der Waals surface area contributed by atoms with Gasteiger partial charge in [-0.05, 0) is 6.92 Å². The fraction of sp³-hybridized carbons (Fsp3) is 0.750. The Labute approximate surface area is 62.6 Å². The van der Waals surface area contributed by atoms with Gasteiger partial charge in [-0.1, -0.05) is 5.92 Å². The number of terminal acetylenes is 1. The maximum absolute atomic E-state index is 5.19. The van der Waals surface area contributed by atoms with Gasteiger partial charge in [-0.2, -0.15) is 0 Å². The molecule has 1 saturated heterocycles. The van der Waals surface area contributed by atoms with Crippen LogP contribution in [-0.2, 0) is 0 Å². The lowest BCUT2D eigenvalue weighted by Crippen LogP contribution is -2.49. The number of nitrogens with one attached hydrogen (secondary N) is 1. The summed E-state index contributed by atoms with van der Waals surface area (Å²) in [6.45, 7) is 6.23. The van der Waals surface area contributed by atoms with Crippen LogP contribution in [0, 0.1) is 12.3 Å². The van der Waals surface area contributed by atoms with E-state index >= 15 is 0 Å². The smallest absolute Gasteiger partial charge is 0.0599 e. The molecule has 0 aromatic rings. The van der Waals surface area contributed by atoms with Crippen LogP contribution in [0.2, 0.25) is 0 Å². The van der Waals surface area contributed by atoms with Crippen molar-refractivity contribution in [3.8, 4) is 12.3 Å². The molecule has 0 aromatic carbocycles. The highest BCUT2D eigenvalue weighted by atomic mass is 15.2. The van der Waals surface area contributed by atoms with Gasteiger partial charge >= 0.3 is 0 Å². The molecule has 1 aliphatic heterocycles. The summed E-state index contributed by atoms with van der Waals surface area (Å²) in [6, 6.07) is 0.599. The van der Waals surface area contributed by atoms with Gasteiger partial charge in [-0.25, -0.2) is 0 Å². The summed E-state index contributed by atoms with van der Waals surface area (Å²) < 4.78 is 0. The van der Waals surface area contributed by atoms with Crippen molar-refractivity contribution in [2.45, 2.75) is 13.0 Å². The topological polar surface area (TPSA) is 15.3 Å². The first-order chi connectivity index (χ1) is 4.83. The second-order valence-electron chi connectivity index (χ2n) is 2.79. The van der Waals surface area contributed by atoms with Crippen LogP contribution in [0.15, 0.2) is 0 Å². The molecule has 0 spiro atoms. The number of nitrogens with zero attached hydrogens (tertiary/aromatic N) is 1. The van der Waals surface area contributed by atoms with E-state index in [1.807, 2.05) is 0 Å². The summed E-state index contributed by atoms with van der Waals surface area (Å²) in [5, 5.41) is 3.36. The predicted molar refractivity (Wildman–Crippen MR) is 42.7 cm³/mol. The van der Waals surface area contributed by atoms with Crippen LogP contribution in [0.25, 0.3) is 0 Å². The molecule has 2 heteroatoms. The molecule has 0 aliphatic carbocycles. The van der Waals surface area contributed by atoms with Gasteiger partial charge < -0.3 is 5.32 Å². The predicted octanol–water partition coefficient (Wildman–Crippen LogP) is -0.0867. The molecule has 0 unspecified atom stereocenters. The number of piperazine rings is 1. The summed E-state index contributed by atoms with van der Waals surface area (Å²) in [5.74, 6) is 2.66. The van der Waals surface area contributed by atoms with Crippen LogP contribution in [0.5, 0.6) is 0 Å². The van der Waals surface area contributed by atoms with E-state index in [1.54, 1.807) is 0 Å². The summed E-state index contributed by atoms with van der Waals surface area (Å²) >= 11 is 0. The molecule has 56 valence electrons. The summed E-state index contributed by atoms with van der Waals surface area (Å²) in [6.07, 6.45) is 5.19. The molecule has 0 amide bonds. The maximum Gasteiger partial charge on any atom is 0.0599 e. The van der Waals surface area contributed by atoms with Gasteiger partial charge in [0.1, 0.15) is 0 Å². The minimum absolute atomic E-state index is 0.599. The molecule has 10 heavy (non-hydrogen) atoms. The van der Waals surface area contributed by atoms with Crippen molar-refractivity contribution in [1.82, 2.24) is 10.2 Å². The van der Waals surface area contributed by atoms with Crippen LogP contribution < -0.4 is 5.32 Å². The Kier molecular flexibility index (Phi) is 2.73. The zero-order valence-electron chi connectivity index (χ0n) is 6.43. The maximum atomic E-state index is 5.19. The Balaban J connectivity index is 2.27. The zero-order valence-corrected chi connectivity index (χ0v) is 6.43. The normalized spacial score (nSPS) is 27.8. The SMILES string of the molecule is C#CCN1CCN[C@H](C)C1. The molecule has 0 saturated carbocycles. The van der Waals surface area contributed by atoms with E-state index in [0.717, 1.165) is 26.2 Å². The third-order valence-corrected chi connectivity index (χ3v) is 1.77. The van der Waals surface area contributed by atoms with Gasteiger partial charge in [0.2, 0.25) is 0 Å². The molecule has 1 fully saturated rings. The van der Waals surface area contributed by atoms with E-state index in [9.17, 15) is 0 Å². The third-order valence-electron chi connectivity index (χ3n) is 1.77. The van der Waals surface area contributed by atoms with E-state index in [4.69, 9.17) is 6.42 Å². The van der Waals surface area contributed by atoms with Crippen molar-refractivity contribution in [2.75, 3.05) is 26.2 Å². The van der Waals surface area contributed by atoms with Gasteiger partial charge in [-0.15, -0.1) is 6.42 Å². The number of rotatable bonds is 1. The second-order valence-corrected chi connectivity index (χ2v) is 2.79. The highest BCUT2D eigenvalue weighted by molar-refractivity contribution is 4.90. The van der Waals surface area contributed by atoms with Crippen LogP contribution in [0.4, 0.5) is 0 Å². The summed E-state index contributed by atoms with van der Waals surface area (Å²) in [5.41, 5.74) is 0. The lowest BCUT2D eigenvalue weighted by atomic mass is 10.2. The van der Waals surface area contributed by atoms with Crippen molar-refractivity contribution in [3.05, 3.63) is 0 Å². The van der Waals surface area contributed by atoms with Crippen molar-refractivity contribution < 1.29 is 0 Å².